The van der Waals surface area contributed by atoms with Crippen LogP contribution in [0.5, 0.6) is 0 Å². The van der Waals surface area contributed by atoms with Gasteiger partial charge < -0.3 is 19.9 Å². The molecule has 0 radical (unpaired) electrons. The number of rotatable bonds is 4. The van der Waals surface area contributed by atoms with Gasteiger partial charge in [-0.05, 0) is 52.3 Å². The number of nitrogens with zero attached hydrogens (tertiary/aromatic N) is 4. The number of benzene rings is 1. The average Bonchev–Trinajstić information content (AvgIpc) is 2.68. The molecular formula is C22H28Cl3N5O2. The van der Waals surface area contributed by atoms with Crippen molar-refractivity contribution in [2.45, 2.75) is 52.3 Å². The van der Waals surface area contributed by atoms with Crippen LogP contribution in [0, 0.1) is 0 Å². The van der Waals surface area contributed by atoms with Crippen LogP contribution in [0.25, 0.3) is 0 Å². The lowest BCUT2D eigenvalue weighted by atomic mass is 10.1. The lowest BCUT2D eigenvalue weighted by molar-refractivity contribution is 0.0158. The molecule has 2 atom stereocenters. The number of amides is 1. The Bertz CT molecular complexity index is 983. The van der Waals surface area contributed by atoms with Gasteiger partial charge in [-0.1, -0.05) is 40.9 Å². The molecule has 0 aliphatic carbocycles. The minimum atomic E-state index is -0.530. The molecule has 1 aliphatic rings. The second-order valence-electron chi connectivity index (χ2n) is 8.87. The SMILES string of the molecule is C[C@@H]1CN(c2ncc(Cl)c(N[C@H](C)c3ccc(Cl)cc3Cl)n2)CCN1C(=O)OC(C)(C)C. The van der Waals surface area contributed by atoms with Gasteiger partial charge in [-0.3, -0.25) is 0 Å². The highest BCUT2D eigenvalue weighted by Gasteiger charge is 2.32. The molecule has 0 unspecified atom stereocenters. The summed E-state index contributed by atoms with van der Waals surface area (Å²) in [6.45, 7) is 11.2. The van der Waals surface area contributed by atoms with Crippen LogP contribution in [0.4, 0.5) is 16.6 Å². The molecule has 1 saturated heterocycles. The highest BCUT2D eigenvalue weighted by atomic mass is 35.5. The molecule has 1 aliphatic heterocycles. The van der Waals surface area contributed by atoms with Crippen LogP contribution >= 0.6 is 34.8 Å². The molecule has 1 amide bonds. The number of carbonyl (C=O) groups excluding carboxylic acids is 1. The van der Waals surface area contributed by atoms with E-state index in [1.54, 1.807) is 23.2 Å². The van der Waals surface area contributed by atoms with Gasteiger partial charge in [0.05, 0.1) is 12.2 Å². The molecule has 0 spiro atoms. The van der Waals surface area contributed by atoms with Crippen molar-refractivity contribution in [2.75, 3.05) is 29.9 Å². The molecule has 1 aromatic carbocycles. The van der Waals surface area contributed by atoms with E-state index in [0.717, 1.165) is 5.56 Å². The van der Waals surface area contributed by atoms with E-state index in [0.29, 0.717) is 46.5 Å². The first-order valence-corrected chi connectivity index (χ1v) is 11.6. The summed E-state index contributed by atoms with van der Waals surface area (Å²) in [5.41, 5.74) is 0.351. The van der Waals surface area contributed by atoms with Crippen LogP contribution in [0.15, 0.2) is 24.4 Å². The highest BCUT2D eigenvalue weighted by molar-refractivity contribution is 6.35. The summed E-state index contributed by atoms with van der Waals surface area (Å²) in [4.78, 5) is 25.3. The van der Waals surface area contributed by atoms with E-state index in [9.17, 15) is 4.79 Å². The van der Waals surface area contributed by atoms with Gasteiger partial charge in [-0.25, -0.2) is 9.78 Å². The van der Waals surface area contributed by atoms with Crippen molar-refractivity contribution in [1.29, 1.82) is 0 Å². The lowest BCUT2D eigenvalue weighted by Crippen LogP contribution is -2.55. The number of aromatic nitrogens is 2. The van der Waals surface area contributed by atoms with Crippen LogP contribution in [0.3, 0.4) is 0 Å². The Morgan fingerprint density at radius 1 is 1.22 bits per heavy atom. The zero-order chi connectivity index (χ0) is 23.6. The molecular weight excluding hydrogens is 473 g/mol. The quantitative estimate of drug-likeness (QED) is 0.550. The van der Waals surface area contributed by atoms with Gasteiger partial charge in [-0.15, -0.1) is 0 Å². The molecule has 1 fully saturated rings. The predicted molar refractivity (Wildman–Crippen MR) is 130 cm³/mol. The number of anilines is 2. The number of halogens is 3. The Labute approximate surface area is 204 Å². The summed E-state index contributed by atoms with van der Waals surface area (Å²) in [6, 6.07) is 5.16. The van der Waals surface area contributed by atoms with Gasteiger partial charge in [-0.2, -0.15) is 4.98 Å². The monoisotopic (exact) mass is 499 g/mol. The Balaban J connectivity index is 1.71. The third-order valence-electron chi connectivity index (χ3n) is 5.05. The van der Waals surface area contributed by atoms with Gasteiger partial charge in [0.1, 0.15) is 10.6 Å². The fourth-order valence-corrected chi connectivity index (χ4v) is 4.20. The fourth-order valence-electron chi connectivity index (χ4n) is 3.48. The number of carbonyl (C=O) groups is 1. The van der Waals surface area contributed by atoms with Gasteiger partial charge in [0, 0.05) is 35.7 Å². The van der Waals surface area contributed by atoms with Crippen molar-refractivity contribution in [2.24, 2.45) is 0 Å². The molecule has 0 saturated carbocycles. The number of piperazine rings is 1. The summed E-state index contributed by atoms with van der Waals surface area (Å²) in [7, 11) is 0. The molecule has 174 valence electrons. The van der Waals surface area contributed by atoms with Crippen LogP contribution in [0.1, 0.15) is 46.2 Å². The Morgan fingerprint density at radius 3 is 2.56 bits per heavy atom. The van der Waals surface area contributed by atoms with Crippen LogP contribution in [-0.4, -0.2) is 52.2 Å². The maximum atomic E-state index is 12.5. The molecule has 2 aromatic rings. The van der Waals surface area contributed by atoms with E-state index in [-0.39, 0.29) is 18.2 Å². The maximum Gasteiger partial charge on any atom is 0.410 e. The van der Waals surface area contributed by atoms with Crippen molar-refractivity contribution in [3.8, 4) is 0 Å². The summed E-state index contributed by atoms with van der Waals surface area (Å²) >= 11 is 18.7. The first-order chi connectivity index (χ1) is 14.9. The molecule has 0 bridgehead atoms. The lowest BCUT2D eigenvalue weighted by Gasteiger charge is -2.40. The Hall–Kier alpha value is -1.96. The van der Waals surface area contributed by atoms with Gasteiger partial charge in [0.15, 0.2) is 5.82 Å². The fraction of sp³-hybridized carbons (Fsp3) is 0.500. The number of hydrogen-bond acceptors (Lipinski definition) is 6. The van der Waals surface area contributed by atoms with E-state index in [1.807, 2.05) is 45.6 Å². The Morgan fingerprint density at radius 2 is 1.94 bits per heavy atom. The number of hydrogen-bond donors (Lipinski definition) is 1. The molecule has 1 aromatic heterocycles. The van der Waals surface area contributed by atoms with Crippen molar-refractivity contribution >= 4 is 52.7 Å². The molecule has 1 N–H and O–H groups in total. The average molecular weight is 501 g/mol. The minimum Gasteiger partial charge on any atom is -0.444 e. The first-order valence-electron chi connectivity index (χ1n) is 10.4. The number of nitrogens with one attached hydrogen (secondary N) is 1. The van der Waals surface area contributed by atoms with E-state index in [2.05, 4.69) is 15.3 Å². The number of ether oxygens (including phenoxy) is 1. The summed E-state index contributed by atoms with van der Waals surface area (Å²) in [5, 5.41) is 4.86. The zero-order valence-corrected chi connectivity index (χ0v) is 21.1. The van der Waals surface area contributed by atoms with E-state index in [1.165, 1.54) is 0 Å². The summed E-state index contributed by atoms with van der Waals surface area (Å²) < 4.78 is 5.52. The normalized spacial score (nSPS) is 17.8. The standard InChI is InChI=1S/C22H28Cl3N5O2/c1-13-12-29(8-9-30(13)21(31)32-22(3,4)5)20-26-11-18(25)19(28-20)27-14(2)16-7-6-15(23)10-17(16)24/h6-7,10-11,13-14H,8-9,12H2,1-5H3,(H,26,27,28)/t13-,14-/m1/s1. The van der Waals surface area contributed by atoms with E-state index in [4.69, 9.17) is 39.5 Å². The minimum absolute atomic E-state index is 0.0546. The second-order valence-corrected chi connectivity index (χ2v) is 10.1. The second kappa shape index (κ2) is 9.89. The third kappa shape index (κ3) is 6.09. The third-order valence-corrected chi connectivity index (χ3v) is 5.89. The smallest absolute Gasteiger partial charge is 0.410 e. The largest absolute Gasteiger partial charge is 0.444 e. The summed E-state index contributed by atoms with van der Waals surface area (Å²) in [5.74, 6) is 1.06. The molecule has 7 nitrogen and oxygen atoms in total. The zero-order valence-electron chi connectivity index (χ0n) is 18.8. The van der Waals surface area contributed by atoms with Gasteiger partial charge in [0.2, 0.25) is 5.95 Å². The van der Waals surface area contributed by atoms with Crippen LogP contribution < -0.4 is 10.2 Å². The topological polar surface area (TPSA) is 70.6 Å². The Kier molecular flexibility index (Phi) is 7.63. The van der Waals surface area contributed by atoms with Crippen molar-refractivity contribution in [1.82, 2.24) is 14.9 Å². The molecule has 3 rings (SSSR count). The highest BCUT2D eigenvalue weighted by Crippen LogP contribution is 2.31. The van der Waals surface area contributed by atoms with Crippen LogP contribution in [-0.2, 0) is 4.74 Å². The van der Waals surface area contributed by atoms with E-state index < -0.39 is 5.60 Å². The van der Waals surface area contributed by atoms with Gasteiger partial charge in [0.25, 0.3) is 0 Å². The van der Waals surface area contributed by atoms with Crippen LogP contribution in [0.2, 0.25) is 15.1 Å². The van der Waals surface area contributed by atoms with Gasteiger partial charge >= 0.3 is 6.09 Å². The van der Waals surface area contributed by atoms with Crippen molar-refractivity contribution in [3.05, 3.63) is 45.0 Å². The molecule has 10 heteroatoms. The maximum absolute atomic E-state index is 12.5. The van der Waals surface area contributed by atoms with Crippen molar-refractivity contribution in [3.63, 3.8) is 0 Å². The summed E-state index contributed by atoms with van der Waals surface area (Å²) in [6.07, 6.45) is 1.27. The first kappa shape index (κ1) is 24.7. The van der Waals surface area contributed by atoms with Crippen molar-refractivity contribution < 1.29 is 9.53 Å². The predicted octanol–water partition coefficient (Wildman–Crippen LogP) is 6.06. The molecule has 2 heterocycles. The molecule has 32 heavy (non-hydrogen) atoms. The van der Waals surface area contributed by atoms with E-state index >= 15 is 0 Å².